The Morgan fingerprint density at radius 3 is 2.88 bits per heavy atom. The Hall–Kier alpha value is -1.61. The van der Waals surface area contributed by atoms with Crippen molar-refractivity contribution >= 4 is 39.0 Å². The van der Waals surface area contributed by atoms with Crippen LogP contribution in [-0.4, -0.2) is 25.7 Å². The molecule has 2 aromatic rings. The van der Waals surface area contributed by atoms with Gasteiger partial charge in [-0.2, -0.15) is 0 Å². The molecule has 2 rings (SSSR count). The van der Waals surface area contributed by atoms with Crippen LogP contribution in [-0.2, 0) is 6.42 Å². The van der Waals surface area contributed by atoms with E-state index in [4.69, 9.17) is 5.73 Å². The quantitative estimate of drug-likeness (QED) is 0.863. The molecule has 0 aliphatic heterocycles. The highest BCUT2D eigenvalue weighted by molar-refractivity contribution is 7.19. The normalized spacial score (nSPS) is 10.4. The molecule has 1 amide bonds. The molecule has 0 atom stereocenters. The molecular weight excluding hydrogens is 260 g/mol. The summed E-state index contributed by atoms with van der Waals surface area (Å²) in [4.78, 5) is 12.4. The number of carbonyl (C=O) groups is 1. The maximum atomic E-state index is 11.9. The van der Waals surface area contributed by atoms with Crippen LogP contribution in [0.1, 0.15) is 28.7 Å². The predicted octanol–water partition coefficient (Wildman–Crippen LogP) is 1.18. The zero-order valence-corrected chi connectivity index (χ0v) is 10.6. The first-order valence-electron chi connectivity index (χ1n) is 4.92. The standard InChI is InChI=1S/C8H10N6OS2/c1-2-3-4-5(17-14-11-4)6(15)10-8-13-12-7(9)16-8/h2-3H2,1H3,(H2,9,12)(H,10,13,15). The van der Waals surface area contributed by atoms with Crippen molar-refractivity contribution in [1.29, 1.82) is 0 Å². The van der Waals surface area contributed by atoms with E-state index < -0.39 is 0 Å². The molecule has 0 saturated carbocycles. The van der Waals surface area contributed by atoms with Crippen LogP contribution < -0.4 is 11.1 Å². The Labute approximate surface area is 105 Å². The van der Waals surface area contributed by atoms with Gasteiger partial charge in [-0.05, 0) is 18.0 Å². The van der Waals surface area contributed by atoms with Gasteiger partial charge in [0.05, 0.1) is 5.69 Å². The summed E-state index contributed by atoms with van der Waals surface area (Å²) in [6.07, 6.45) is 1.65. The second-order valence-corrected chi connectivity index (χ2v) is 4.96. The van der Waals surface area contributed by atoms with E-state index in [1.54, 1.807) is 0 Å². The number of carbonyl (C=O) groups excluding carboxylic acids is 1. The minimum atomic E-state index is -0.264. The Balaban J connectivity index is 2.11. The molecule has 0 fully saturated rings. The molecule has 0 spiro atoms. The van der Waals surface area contributed by atoms with Gasteiger partial charge in [-0.3, -0.25) is 10.1 Å². The number of nitrogens with zero attached hydrogens (tertiary/aromatic N) is 4. The molecule has 9 heteroatoms. The fourth-order valence-electron chi connectivity index (χ4n) is 1.22. The van der Waals surface area contributed by atoms with Crippen molar-refractivity contribution in [3.63, 3.8) is 0 Å². The van der Waals surface area contributed by atoms with Gasteiger partial charge in [0.15, 0.2) is 0 Å². The summed E-state index contributed by atoms with van der Waals surface area (Å²) in [5.74, 6) is -0.264. The van der Waals surface area contributed by atoms with Gasteiger partial charge >= 0.3 is 0 Å². The molecule has 0 saturated heterocycles. The fourth-order valence-corrected chi connectivity index (χ4v) is 2.33. The summed E-state index contributed by atoms with van der Waals surface area (Å²) >= 11 is 2.20. The fraction of sp³-hybridized carbons (Fsp3) is 0.375. The van der Waals surface area contributed by atoms with Gasteiger partial charge in [-0.15, -0.1) is 15.3 Å². The Kier molecular flexibility index (Phi) is 3.59. The van der Waals surface area contributed by atoms with Crippen LogP contribution in [0.4, 0.5) is 10.3 Å². The summed E-state index contributed by atoms with van der Waals surface area (Å²) in [6, 6.07) is 0. The second-order valence-electron chi connectivity index (χ2n) is 3.20. The molecule has 17 heavy (non-hydrogen) atoms. The average molecular weight is 270 g/mol. The van der Waals surface area contributed by atoms with Crippen LogP contribution in [0.25, 0.3) is 0 Å². The molecule has 2 aromatic heterocycles. The van der Waals surface area contributed by atoms with Gasteiger partial charge in [0.2, 0.25) is 10.3 Å². The van der Waals surface area contributed by atoms with Crippen molar-refractivity contribution in [2.45, 2.75) is 19.8 Å². The number of nitrogen functional groups attached to an aromatic ring is 1. The van der Waals surface area contributed by atoms with Gasteiger partial charge in [0, 0.05) is 0 Å². The lowest BCUT2D eigenvalue weighted by molar-refractivity contribution is 0.102. The first-order valence-corrected chi connectivity index (χ1v) is 6.51. The molecular formula is C8H10N6OS2. The van der Waals surface area contributed by atoms with E-state index in [9.17, 15) is 4.79 Å². The van der Waals surface area contributed by atoms with Gasteiger partial charge in [-0.1, -0.05) is 29.2 Å². The Morgan fingerprint density at radius 2 is 2.24 bits per heavy atom. The van der Waals surface area contributed by atoms with Crippen molar-refractivity contribution in [3.05, 3.63) is 10.6 Å². The summed E-state index contributed by atoms with van der Waals surface area (Å²) in [5.41, 5.74) is 6.14. The Bertz CT molecular complexity index is 522. The molecule has 90 valence electrons. The van der Waals surface area contributed by atoms with Gasteiger partial charge < -0.3 is 5.73 Å². The van der Waals surface area contributed by atoms with Crippen LogP contribution in [0.3, 0.4) is 0 Å². The summed E-state index contributed by atoms with van der Waals surface area (Å²) < 4.78 is 3.78. The van der Waals surface area contributed by atoms with Crippen molar-refractivity contribution in [2.75, 3.05) is 11.1 Å². The third-order valence-corrected chi connectivity index (χ3v) is 3.34. The van der Waals surface area contributed by atoms with E-state index in [0.29, 0.717) is 20.8 Å². The van der Waals surface area contributed by atoms with E-state index in [1.165, 1.54) is 0 Å². The molecule has 0 aliphatic rings. The third-order valence-electron chi connectivity index (χ3n) is 1.91. The molecule has 0 bridgehead atoms. The van der Waals surface area contributed by atoms with Crippen LogP contribution in [0, 0.1) is 0 Å². The molecule has 0 unspecified atom stereocenters. The number of nitrogens with one attached hydrogen (secondary N) is 1. The van der Waals surface area contributed by atoms with Crippen LogP contribution >= 0.6 is 22.9 Å². The number of anilines is 2. The minimum absolute atomic E-state index is 0.264. The molecule has 7 nitrogen and oxygen atoms in total. The van der Waals surface area contributed by atoms with Gasteiger partial charge in [0.1, 0.15) is 4.88 Å². The second kappa shape index (κ2) is 5.15. The van der Waals surface area contributed by atoms with E-state index in [-0.39, 0.29) is 5.91 Å². The van der Waals surface area contributed by atoms with Crippen molar-refractivity contribution in [3.8, 4) is 0 Å². The lowest BCUT2D eigenvalue weighted by Crippen LogP contribution is -2.12. The highest BCUT2D eigenvalue weighted by Crippen LogP contribution is 2.19. The van der Waals surface area contributed by atoms with Crippen molar-refractivity contribution in [1.82, 2.24) is 19.8 Å². The maximum Gasteiger partial charge on any atom is 0.271 e. The molecule has 3 N–H and O–H groups in total. The molecule has 2 heterocycles. The highest BCUT2D eigenvalue weighted by Gasteiger charge is 2.17. The van der Waals surface area contributed by atoms with Gasteiger partial charge in [0.25, 0.3) is 5.91 Å². The lowest BCUT2D eigenvalue weighted by Gasteiger charge is -1.99. The molecule has 0 aromatic carbocycles. The number of aromatic nitrogens is 4. The van der Waals surface area contributed by atoms with Crippen molar-refractivity contribution < 1.29 is 4.79 Å². The number of rotatable bonds is 4. The van der Waals surface area contributed by atoms with Crippen LogP contribution in [0.5, 0.6) is 0 Å². The monoisotopic (exact) mass is 270 g/mol. The van der Waals surface area contributed by atoms with Crippen LogP contribution in [0.15, 0.2) is 0 Å². The first kappa shape index (κ1) is 11.9. The number of hydrogen-bond acceptors (Lipinski definition) is 8. The largest absolute Gasteiger partial charge is 0.374 e. The number of nitrogens with two attached hydrogens (primary N) is 1. The zero-order valence-electron chi connectivity index (χ0n) is 9.01. The summed E-state index contributed by atoms with van der Waals surface area (Å²) in [6.45, 7) is 2.02. The topological polar surface area (TPSA) is 107 Å². The smallest absolute Gasteiger partial charge is 0.271 e. The summed E-state index contributed by atoms with van der Waals surface area (Å²) in [7, 11) is 0. The number of aryl methyl sites for hydroxylation is 1. The third kappa shape index (κ3) is 2.74. The number of hydrogen-bond donors (Lipinski definition) is 2. The Morgan fingerprint density at radius 1 is 1.41 bits per heavy atom. The molecule has 0 radical (unpaired) electrons. The average Bonchev–Trinajstić information content (AvgIpc) is 2.88. The van der Waals surface area contributed by atoms with Crippen LogP contribution in [0.2, 0.25) is 0 Å². The lowest BCUT2D eigenvalue weighted by atomic mass is 10.2. The van der Waals surface area contributed by atoms with Gasteiger partial charge in [-0.25, -0.2) is 0 Å². The number of amides is 1. The van der Waals surface area contributed by atoms with E-state index >= 15 is 0 Å². The summed E-state index contributed by atoms with van der Waals surface area (Å²) in [5, 5.41) is 14.6. The molecule has 0 aliphatic carbocycles. The highest BCUT2D eigenvalue weighted by atomic mass is 32.1. The van der Waals surface area contributed by atoms with Crippen molar-refractivity contribution in [2.24, 2.45) is 0 Å². The maximum absolute atomic E-state index is 11.9. The first-order chi connectivity index (χ1) is 8.20. The zero-order chi connectivity index (χ0) is 12.3. The van der Waals surface area contributed by atoms with E-state index in [0.717, 1.165) is 35.7 Å². The minimum Gasteiger partial charge on any atom is -0.374 e. The van der Waals surface area contributed by atoms with E-state index in [2.05, 4.69) is 25.1 Å². The predicted molar refractivity (Wildman–Crippen MR) is 66.2 cm³/mol. The van der Waals surface area contributed by atoms with E-state index in [1.807, 2.05) is 6.92 Å². The SMILES string of the molecule is CCCc1nnsc1C(=O)Nc1nnc(N)s1.